The molecular formula is C15H25NO. The topological polar surface area (TPSA) is 43.1 Å². The highest BCUT2D eigenvalue weighted by atomic mass is 16.1. The molecule has 96 valence electrons. The third-order valence-corrected chi connectivity index (χ3v) is 4.53. The molecule has 0 aromatic heterocycles. The molecule has 0 atom stereocenters. The Kier molecular flexibility index (Phi) is 4.38. The van der Waals surface area contributed by atoms with E-state index in [4.69, 9.17) is 5.73 Å². The average Bonchev–Trinajstić information content (AvgIpc) is 2.22. The largest absolute Gasteiger partial charge is 0.330 e. The number of hydrogen-bond acceptors (Lipinski definition) is 2. The molecule has 2 nitrogen and oxygen atoms in total. The van der Waals surface area contributed by atoms with Crippen LogP contribution in [0.15, 0.2) is 11.6 Å². The van der Waals surface area contributed by atoms with Crippen molar-refractivity contribution in [3.63, 3.8) is 0 Å². The van der Waals surface area contributed by atoms with E-state index in [2.05, 4.69) is 6.08 Å². The minimum atomic E-state index is 0.167. The van der Waals surface area contributed by atoms with Crippen LogP contribution in [0.5, 0.6) is 0 Å². The Hall–Kier alpha value is -0.630. The van der Waals surface area contributed by atoms with E-state index in [9.17, 15) is 4.79 Å². The van der Waals surface area contributed by atoms with E-state index in [0.717, 1.165) is 31.3 Å². The van der Waals surface area contributed by atoms with E-state index >= 15 is 0 Å². The van der Waals surface area contributed by atoms with Gasteiger partial charge in [-0.3, -0.25) is 4.79 Å². The summed E-state index contributed by atoms with van der Waals surface area (Å²) in [6.07, 6.45) is 13.6. The summed E-state index contributed by atoms with van der Waals surface area (Å²) in [6.45, 7) is 0.687. The van der Waals surface area contributed by atoms with Crippen LogP contribution in [0.1, 0.15) is 64.2 Å². The zero-order valence-corrected chi connectivity index (χ0v) is 10.8. The van der Waals surface area contributed by atoms with E-state index in [1.807, 2.05) is 0 Å². The van der Waals surface area contributed by atoms with Gasteiger partial charge in [0.15, 0.2) is 5.78 Å². The number of carbonyl (C=O) groups excluding carboxylic acids is 1. The van der Waals surface area contributed by atoms with Crippen LogP contribution < -0.4 is 5.73 Å². The van der Waals surface area contributed by atoms with Crippen molar-refractivity contribution in [1.29, 1.82) is 0 Å². The van der Waals surface area contributed by atoms with Crippen molar-refractivity contribution in [1.82, 2.24) is 0 Å². The molecule has 0 bridgehead atoms. The third-order valence-electron chi connectivity index (χ3n) is 4.53. The number of nitrogens with two attached hydrogens (primary N) is 1. The van der Waals surface area contributed by atoms with Crippen molar-refractivity contribution in [3.8, 4) is 0 Å². The van der Waals surface area contributed by atoms with Gasteiger partial charge in [-0.25, -0.2) is 0 Å². The Morgan fingerprint density at radius 2 is 1.94 bits per heavy atom. The Morgan fingerprint density at radius 3 is 2.59 bits per heavy atom. The summed E-state index contributed by atoms with van der Waals surface area (Å²) in [5.74, 6) is 0.386. The molecule has 1 fully saturated rings. The van der Waals surface area contributed by atoms with Crippen LogP contribution in [0.25, 0.3) is 0 Å². The normalized spacial score (nSPS) is 24.2. The van der Waals surface area contributed by atoms with E-state index in [1.165, 1.54) is 32.1 Å². The summed E-state index contributed by atoms with van der Waals surface area (Å²) in [4.78, 5) is 12.3. The van der Waals surface area contributed by atoms with E-state index in [1.54, 1.807) is 0 Å². The second-order valence-electron chi connectivity index (χ2n) is 5.84. The lowest BCUT2D eigenvalue weighted by molar-refractivity contribution is -0.119. The SMILES string of the molecule is NCC1(CC(=O)C2=CCCCCCC2)CCC1. The second-order valence-corrected chi connectivity index (χ2v) is 5.84. The van der Waals surface area contributed by atoms with Crippen LogP contribution in [0, 0.1) is 5.41 Å². The first kappa shape index (κ1) is 12.8. The molecule has 2 aliphatic rings. The molecule has 0 aromatic carbocycles. The zero-order chi connectivity index (χ0) is 12.1. The van der Waals surface area contributed by atoms with E-state index in [-0.39, 0.29) is 5.41 Å². The molecular weight excluding hydrogens is 210 g/mol. The van der Waals surface area contributed by atoms with Crippen LogP contribution in [-0.2, 0) is 4.79 Å². The van der Waals surface area contributed by atoms with Crippen LogP contribution in [0.4, 0.5) is 0 Å². The maximum absolute atomic E-state index is 12.3. The van der Waals surface area contributed by atoms with Gasteiger partial charge in [0, 0.05) is 6.42 Å². The van der Waals surface area contributed by atoms with Gasteiger partial charge in [0.05, 0.1) is 0 Å². The van der Waals surface area contributed by atoms with Gasteiger partial charge < -0.3 is 5.73 Å². The fraction of sp³-hybridized carbons (Fsp3) is 0.800. The predicted molar refractivity (Wildman–Crippen MR) is 70.7 cm³/mol. The smallest absolute Gasteiger partial charge is 0.159 e. The van der Waals surface area contributed by atoms with Crippen LogP contribution >= 0.6 is 0 Å². The van der Waals surface area contributed by atoms with Gasteiger partial charge in [-0.2, -0.15) is 0 Å². The van der Waals surface area contributed by atoms with Gasteiger partial charge in [-0.05, 0) is 56.1 Å². The first-order valence-electron chi connectivity index (χ1n) is 7.18. The fourth-order valence-corrected chi connectivity index (χ4v) is 3.03. The molecule has 2 aliphatic carbocycles. The molecule has 2 rings (SSSR count). The van der Waals surface area contributed by atoms with Gasteiger partial charge in [-0.15, -0.1) is 0 Å². The van der Waals surface area contributed by atoms with Crippen molar-refractivity contribution in [2.24, 2.45) is 11.1 Å². The Balaban J connectivity index is 1.93. The number of ketones is 1. The summed E-state index contributed by atoms with van der Waals surface area (Å²) in [5, 5.41) is 0. The molecule has 0 amide bonds. The zero-order valence-electron chi connectivity index (χ0n) is 10.8. The van der Waals surface area contributed by atoms with Crippen LogP contribution in [0.3, 0.4) is 0 Å². The molecule has 0 unspecified atom stereocenters. The predicted octanol–water partition coefficient (Wildman–Crippen LogP) is 3.36. The Bertz CT molecular complexity index is 297. The molecule has 0 radical (unpaired) electrons. The van der Waals surface area contributed by atoms with Gasteiger partial charge in [0.2, 0.25) is 0 Å². The average molecular weight is 235 g/mol. The van der Waals surface area contributed by atoms with Gasteiger partial charge in [0.1, 0.15) is 0 Å². The summed E-state index contributed by atoms with van der Waals surface area (Å²) in [6, 6.07) is 0. The number of carbonyl (C=O) groups is 1. The minimum absolute atomic E-state index is 0.167. The summed E-state index contributed by atoms with van der Waals surface area (Å²) < 4.78 is 0. The van der Waals surface area contributed by atoms with Gasteiger partial charge in [-0.1, -0.05) is 25.3 Å². The highest BCUT2D eigenvalue weighted by molar-refractivity contribution is 5.95. The molecule has 2 N–H and O–H groups in total. The first-order chi connectivity index (χ1) is 8.26. The number of Topliss-reactive ketones (excluding diaryl/α,β-unsaturated/α-hetero) is 1. The highest BCUT2D eigenvalue weighted by Gasteiger charge is 2.37. The third kappa shape index (κ3) is 3.19. The molecule has 0 heterocycles. The molecule has 17 heavy (non-hydrogen) atoms. The maximum atomic E-state index is 12.3. The van der Waals surface area contributed by atoms with Crippen molar-refractivity contribution < 1.29 is 4.79 Å². The van der Waals surface area contributed by atoms with Crippen LogP contribution in [0.2, 0.25) is 0 Å². The fourth-order valence-electron chi connectivity index (χ4n) is 3.03. The summed E-state index contributed by atoms with van der Waals surface area (Å²) in [5.41, 5.74) is 7.10. The molecule has 0 spiro atoms. The molecule has 2 heteroatoms. The monoisotopic (exact) mass is 235 g/mol. The van der Waals surface area contributed by atoms with Gasteiger partial charge >= 0.3 is 0 Å². The van der Waals surface area contributed by atoms with Crippen molar-refractivity contribution >= 4 is 5.78 Å². The summed E-state index contributed by atoms with van der Waals surface area (Å²) in [7, 11) is 0. The van der Waals surface area contributed by atoms with Crippen molar-refractivity contribution in [2.75, 3.05) is 6.54 Å². The number of allylic oxidation sites excluding steroid dienone is 2. The molecule has 0 aliphatic heterocycles. The minimum Gasteiger partial charge on any atom is -0.330 e. The molecule has 1 saturated carbocycles. The van der Waals surface area contributed by atoms with E-state index < -0.39 is 0 Å². The first-order valence-corrected chi connectivity index (χ1v) is 7.18. The molecule has 0 aromatic rings. The Labute approximate surface area is 105 Å². The van der Waals surface area contributed by atoms with Crippen molar-refractivity contribution in [2.45, 2.75) is 64.2 Å². The van der Waals surface area contributed by atoms with E-state index in [0.29, 0.717) is 18.7 Å². The standard InChI is InChI=1S/C15H25NO/c16-12-15(9-6-10-15)11-14(17)13-7-4-2-1-3-5-8-13/h7H,1-6,8-12,16H2. The van der Waals surface area contributed by atoms with Gasteiger partial charge in [0.25, 0.3) is 0 Å². The van der Waals surface area contributed by atoms with Crippen LogP contribution in [-0.4, -0.2) is 12.3 Å². The second kappa shape index (κ2) is 5.81. The van der Waals surface area contributed by atoms with Crippen molar-refractivity contribution in [3.05, 3.63) is 11.6 Å². The maximum Gasteiger partial charge on any atom is 0.159 e. The lowest BCUT2D eigenvalue weighted by Gasteiger charge is -2.40. The number of hydrogen-bond donors (Lipinski definition) is 1. The summed E-state index contributed by atoms with van der Waals surface area (Å²) >= 11 is 0. The lowest BCUT2D eigenvalue weighted by atomic mass is 9.65. The molecule has 0 saturated heterocycles. The highest BCUT2D eigenvalue weighted by Crippen LogP contribution is 2.43. The lowest BCUT2D eigenvalue weighted by Crippen LogP contribution is -2.39. The number of rotatable bonds is 4. The quantitative estimate of drug-likeness (QED) is 0.812. The Morgan fingerprint density at radius 1 is 1.18 bits per heavy atom.